The van der Waals surface area contributed by atoms with E-state index in [-0.39, 0.29) is 5.97 Å². The molecule has 0 aliphatic carbocycles. The molecule has 1 aromatic heterocycles. The van der Waals surface area contributed by atoms with E-state index in [0.717, 1.165) is 22.0 Å². The van der Waals surface area contributed by atoms with E-state index in [9.17, 15) is 4.79 Å². The van der Waals surface area contributed by atoms with E-state index in [1.54, 1.807) is 0 Å². The predicted molar refractivity (Wildman–Crippen MR) is 79.6 cm³/mol. The molecule has 2 aromatic carbocycles. The number of carbonyl (C=O) groups is 1. The summed E-state index contributed by atoms with van der Waals surface area (Å²) in [5.74, 6) is -0.205. The molecular formula is C17H15NO2. The molecule has 0 spiro atoms. The van der Waals surface area contributed by atoms with Crippen molar-refractivity contribution in [1.82, 2.24) is 4.98 Å². The normalized spacial score (nSPS) is 10.8. The predicted octanol–water partition coefficient (Wildman–Crippen LogP) is 3.49. The van der Waals surface area contributed by atoms with Crippen molar-refractivity contribution >= 4 is 27.6 Å². The lowest BCUT2D eigenvalue weighted by Gasteiger charge is -2.09. The second-order valence-corrected chi connectivity index (χ2v) is 4.70. The van der Waals surface area contributed by atoms with Crippen molar-refractivity contribution in [2.24, 2.45) is 0 Å². The van der Waals surface area contributed by atoms with Gasteiger partial charge >= 0.3 is 5.97 Å². The van der Waals surface area contributed by atoms with Crippen molar-refractivity contribution in [3.8, 4) is 0 Å². The number of hydrogen-bond donors (Lipinski definition) is 0. The minimum atomic E-state index is -0.205. The number of hydrogen-bond acceptors (Lipinski definition) is 3. The van der Waals surface area contributed by atoms with E-state index in [0.29, 0.717) is 12.8 Å². The van der Waals surface area contributed by atoms with Gasteiger partial charge in [-0.1, -0.05) is 42.5 Å². The zero-order chi connectivity index (χ0) is 13.9. The van der Waals surface area contributed by atoms with Crippen LogP contribution in [0.25, 0.3) is 21.7 Å². The lowest BCUT2D eigenvalue weighted by Crippen LogP contribution is -2.03. The third-order valence-corrected chi connectivity index (χ3v) is 3.48. The second-order valence-electron chi connectivity index (χ2n) is 4.70. The number of fused-ring (bicyclic) bond motifs is 3. The molecule has 0 aliphatic rings. The number of pyridine rings is 1. The van der Waals surface area contributed by atoms with Crippen LogP contribution in [0.2, 0.25) is 0 Å². The summed E-state index contributed by atoms with van der Waals surface area (Å²) in [6.45, 7) is 0. The van der Waals surface area contributed by atoms with E-state index < -0.39 is 0 Å². The van der Waals surface area contributed by atoms with E-state index in [2.05, 4.69) is 18.2 Å². The van der Waals surface area contributed by atoms with Gasteiger partial charge in [0.25, 0.3) is 0 Å². The fraction of sp³-hybridized carbons (Fsp3) is 0.176. The molecule has 0 bridgehead atoms. The Morgan fingerprint density at radius 1 is 1.00 bits per heavy atom. The van der Waals surface area contributed by atoms with Crippen molar-refractivity contribution in [2.75, 3.05) is 7.11 Å². The number of ether oxygens (including phenoxy) is 1. The molecule has 1 heterocycles. The molecule has 0 saturated carbocycles. The van der Waals surface area contributed by atoms with E-state index in [4.69, 9.17) is 9.72 Å². The Bertz CT molecular complexity index is 780. The van der Waals surface area contributed by atoms with Gasteiger partial charge in [0, 0.05) is 22.9 Å². The highest BCUT2D eigenvalue weighted by molar-refractivity contribution is 6.06. The average Bonchev–Trinajstić information content (AvgIpc) is 2.52. The molecule has 3 heteroatoms. The minimum absolute atomic E-state index is 0.205. The molecule has 0 atom stereocenters. The van der Waals surface area contributed by atoms with Gasteiger partial charge in [-0.2, -0.15) is 0 Å². The number of rotatable bonds is 3. The SMILES string of the molecule is COC(=O)CCc1nc2ccccc2c2ccccc12. The first kappa shape index (κ1) is 12.6. The summed E-state index contributed by atoms with van der Waals surface area (Å²) in [7, 11) is 1.41. The molecule has 0 N–H and O–H groups in total. The average molecular weight is 265 g/mol. The Hall–Kier alpha value is -2.42. The van der Waals surface area contributed by atoms with Crippen LogP contribution in [-0.2, 0) is 16.0 Å². The molecule has 3 aromatic rings. The summed E-state index contributed by atoms with van der Waals surface area (Å²) in [6, 6.07) is 16.3. The fourth-order valence-corrected chi connectivity index (χ4v) is 2.49. The number of methoxy groups -OCH3 is 1. The van der Waals surface area contributed by atoms with Crippen molar-refractivity contribution in [2.45, 2.75) is 12.8 Å². The highest BCUT2D eigenvalue weighted by Crippen LogP contribution is 2.26. The van der Waals surface area contributed by atoms with Gasteiger partial charge in [0.1, 0.15) is 0 Å². The Kier molecular flexibility index (Phi) is 3.33. The monoisotopic (exact) mass is 265 g/mol. The summed E-state index contributed by atoms with van der Waals surface area (Å²) >= 11 is 0. The van der Waals surface area contributed by atoms with Gasteiger partial charge in [-0.15, -0.1) is 0 Å². The second kappa shape index (κ2) is 5.29. The zero-order valence-corrected chi connectivity index (χ0v) is 11.3. The summed E-state index contributed by atoms with van der Waals surface area (Å²) in [5.41, 5.74) is 1.91. The summed E-state index contributed by atoms with van der Waals surface area (Å²) < 4.78 is 4.70. The number of benzene rings is 2. The maximum Gasteiger partial charge on any atom is 0.305 e. The lowest BCUT2D eigenvalue weighted by molar-refractivity contribution is -0.140. The molecule has 3 nitrogen and oxygen atoms in total. The Balaban J connectivity index is 2.16. The molecular weight excluding hydrogens is 250 g/mol. The highest BCUT2D eigenvalue weighted by Gasteiger charge is 2.09. The van der Waals surface area contributed by atoms with Crippen LogP contribution in [0.5, 0.6) is 0 Å². The standard InChI is InChI=1S/C17H15NO2/c1-20-17(19)11-10-16-14-7-3-2-6-12(14)13-8-4-5-9-15(13)18-16/h2-9H,10-11H2,1H3. The first-order valence-corrected chi connectivity index (χ1v) is 6.63. The van der Waals surface area contributed by atoms with Crippen molar-refractivity contribution < 1.29 is 9.53 Å². The van der Waals surface area contributed by atoms with Gasteiger partial charge in [-0.05, 0) is 11.5 Å². The fourth-order valence-electron chi connectivity index (χ4n) is 2.49. The van der Waals surface area contributed by atoms with Crippen LogP contribution in [0.1, 0.15) is 12.1 Å². The van der Waals surface area contributed by atoms with Crippen molar-refractivity contribution in [1.29, 1.82) is 0 Å². The van der Waals surface area contributed by atoms with Gasteiger partial charge in [-0.25, -0.2) is 0 Å². The van der Waals surface area contributed by atoms with E-state index in [1.165, 1.54) is 12.5 Å². The van der Waals surface area contributed by atoms with Gasteiger partial charge < -0.3 is 4.74 Å². The number of aryl methyl sites for hydroxylation is 1. The van der Waals surface area contributed by atoms with Crippen molar-refractivity contribution in [3.05, 3.63) is 54.2 Å². The molecule has 0 saturated heterocycles. The Morgan fingerprint density at radius 2 is 1.65 bits per heavy atom. The number of aromatic nitrogens is 1. The van der Waals surface area contributed by atoms with Crippen LogP contribution < -0.4 is 0 Å². The molecule has 0 fully saturated rings. The van der Waals surface area contributed by atoms with E-state index >= 15 is 0 Å². The van der Waals surface area contributed by atoms with Crippen LogP contribution >= 0.6 is 0 Å². The molecule has 0 aliphatic heterocycles. The number of carbonyl (C=O) groups excluding carboxylic acids is 1. The maximum absolute atomic E-state index is 11.3. The van der Waals surface area contributed by atoms with Crippen molar-refractivity contribution in [3.63, 3.8) is 0 Å². The van der Waals surface area contributed by atoms with Gasteiger partial charge in [0.2, 0.25) is 0 Å². The summed E-state index contributed by atoms with van der Waals surface area (Å²) in [4.78, 5) is 16.0. The smallest absolute Gasteiger partial charge is 0.305 e. The quantitative estimate of drug-likeness (QED) is 0.537. The third kappa shape index (κ3) is 2.23. The molecule has 3 rings (SSSR count). The lowest BCUT2D eigenvalue weighted by atomic mass is 10.0. The first-order valence-electron chi connectivity index (χ1n) is 6.63. The van der Waals surface area contributed by atoms with E-state index in [1.807, 2.05) is 30.3 Å². The topological polar surface area (TPSA) is 39.2 Å². The van der Waals surface area contributed by atoms with Gasteiger partial charge in [0.15, 0.2) is 0 Å². The molecule has 0 radical (unpaired) electrons. The Labute approximate surface area is 117 Å². The zero-order valence-electron chi connectivity index (χ0n) is 11.3. The summed E-state index contributed by atoms with van der Waals surface area (Å²) in [5, 5.41) is 3.43. The summed E-state index contributed by atoms with van der Waals surface area (Å²) in [6.07, 6.45) is 0.948. The molecule has 0 amide bonds. The van der Waals surface area contributed by atoms with Crippen LogP contribution in [-0.4, -0.2) is 18.1 Å². The molecule has 0 unspecified atom stereocenters. The van der Waals surface area contributed by atoms with Crippen LogP contribution in [0.3, 0.4) is 0 Å². The highest BCUT2D eigenvalue weighted by atomic mass is 16.5. The van der Waals surface area contributed by atoms with Gasteiger partial charge in [-0.3, -0.25) is 9.78 Å². The third-order valence-electron chi connectivity index (χ3n) is 3.48. The van der Waals surface area contributed by atoms with Crippen LogP contribution in [0.4, 0.5) is 0 Å². The number of nitrogens with zero attached hydrogens (tertiary/aromatic N) is 1. The largest absolute Gasteiger partial charge is 0.469 e. The maximum atomic E-state index is 11.3. The Morgan fingerprint density at radius 3 is 2.40 bits per heavy atom. The first-order chi connectivity index (χ1) is 9.79. The molecule has 100 valence electrons. The number of para-hydroxylation sites is 1. The number of esters is 1. The molecule has 20 heavy (non-hydrogen) atoms. The van der Waals surface area contributed by atoms with Crippen LogP contribution in [0, 0.1) is 0 Å². The van der Waals surface area contributed by atoms with Crippen LogP contribution in [0.15, 0.2) is 48.5 Å². The minimum Gasteiger partial charge on any atom is -0.469 e. The van der Waals surface area contributed by atoms with Gasteiger partial charge in [0.05, 0.1) is 19.0 Å².